The third-order valence-corrected chi connectivity index (χ3v) is 4.49. The molecule has 0 amide bonds. The number of carbonyl (C=O) groups is 1. The average molecular weight is 379 g/mol. The number of rotatable bonds is 4. The Labute approximate surface area is 160 Å². The summed E-state index contributed by atoms with van der Waals surface area (Å²) >= 11 is 6.15. The number of hydrogen-bond acceptors (Lipinski definition) is 5. The fraction of sp³-hybridized carbons (Fsp3) is 0.100. The maximum atomic E-state index is 12.4. The smallest absolute Gasteiger partial charge is 0.361 e. The molecule has 27 heavy (non-hydrogen) atoms. The summed E-state index contributed by atoms with van der Waals surface area (Å²) in [5.41, 5.74) is 2.44. The molecule has 2 heterocycles. The van der Waals surface area contributed by atoms with Gasteiger partial charge in [0.15, 0.2) is 5.69 Å². The van der Waals surface area contributed by atoms with Crippen molar-refractivity contribution in [3.05, 3.63) is 83.3 Å². The summed E-state index contributed by atoms with van der Waals surface area (Å²) in [7, 11) is 0. The van der Waals surface area contributed by atoms with E-state index in [0.717, 1.165) is 16.5 Å². The van der Waals surface area contributed by atoms with Crippen molar-refractivity contribution in [3.63, 3.8) is 0 Å². The molecule has 0 fully saturated rings. The molecule has 0 saturated heterocycles. The summed E-state index contributed by atoms with van der Waals surface area (Å²) in [5.74, 6) is -0.561. The molecule has 2 aromatic heterocycles. The second-order valence-electron chi connectivity index (χ2n) is 6.01. The number of aromatic nitrogens is 4. The van der Waals surface area contributed by atoms with Gasteiger partial charge >= 0.3 is 5.97 Å². The number of nitrogens with zero attached hydrogens (tertiary/aromatic N) is 4. The number of ether oxygens (including phenoxy) is 1. The van der Waals surface area contributed by atoms with Crippen molar-refractivity contribution in [3.8, 4) is 5.69 Å². The minimum Gasteiger partial charge on any atom is -0.453 e. The van der Waals surface area contributed by atoms with Crippen LogP contribution in [0, 0.1) is 0 Å². The highest BCUT2D eigenvalue weighted by Gasteiger charge is 2.18. The third kappa shape index (κ3) is 3.52. The topological polar surface area (TPSA) is 69.9 Å². The van der Waals surface area contributed by atoms with Crippen LogP contribution in [-0.2, 0) is 4.74 Å². The van der Waals surface area contributed by atoms with Gasteiger partial charge in [0.1, 0.15) is 6.10 Å². The second-order valence-corrected chi connectivity index (χ2v) is 6.42. The number of benzene rings is 2. The molecule has 0 saturated carbocycles. The number of carbonyl (C=O) groups excluding carboxylic acids is 1. The van der Waals surface area contributed by atoms with E-state index in [2.05, 4.69) is 15.3 Å². The predicted molar refractivity (Wildman–Crippen MR) is 102 cm³/mol. The zero-order valence-electron chi connectivity index (χ0n) is 14.4. The van der Waals surface area contributed by atoms with Gasteiger partial charge in [-0.25, -0.2) is 9.48 Å². The van der Waals surface area contributed by atoms with Gasteiger partial charge in [0.2, 0.25) is 0 Å². The normalized spacial score (nSPS) is 12.1. The largest absolute Gasteiger partial charge is 0.453 e. The molecule has 0 aliphatic carbocycles. The Bertz CT molecular complexity index is 1130. The van der Waals surface area contributed by atoms with Gasteiger partial charge < -0.3 is 4.74 Å². The summed E-state index contributed by atoms with van der Waals surface area (Å²) in [6.45, 7) is 1.79. The van der Waals surface area contributed by atoms with E-state index in [4.69, 9.17) is 16.3 Å². The number of hydrogen-bond donors (Lipinski definition) is 0. The first-order valence-electron chi connectivity index (χ1n) is 8.35. The molecule has 0 aliphatic heterocycles. The maximum Gasteiger partial charge on any atom is 0.361 e. The van der Waals surface area contributed by atoms with Crippen LogP contribution in [0.2, 0.25) is 5.02 Å². The van der Waals surface area contributed by atoms with Gasteiger partial charge in [-0.3, -0.25) is 4.98 Å². The van der Waals surface area contributed by atoms with E-state index in [9.17, 15) is 4.79 Å². The fourth-order valence-corrected chi connectivity index (χ4v) is 2.93. The predicted octanol–water partition coefficient (Wildman–Crippen LogP) is 4.39. The number of esters is 1. The Hall–Kier alpha value is -3.25. The molecule has 0 radical (unpaired) electrons. The molecule has 134 valence electrons. The van der Waals surface area contributed by atoms with Gasteiger partial charge in [-0.05, 0) is 31.2 Å². The third-order valence-electron chi connectivity index (χ3n) is 4.17. The first-order valence-corrected chi connectivity index (χ1v) is 8.72. The molecule has 6 nitrogen and oxygen atoms in total. The Morgan fingerprint density at radius 1 is 1.15 bits per heavy atom. The molecule has 4 rings (SSSR count). The van der Waals surface area contributed by atoms with Crippen molar-refractivity contribution in [2.24, 2.45) is 0 Å². The van der Waals surface area contributed by atoms with Crippen LogP contribution in [0.1, 0.15) is 29.1 Å². The molecule has 1 unspecified atom stereocenters. The molecule has 0 N–H and O–H groups in total. The molecule has 4 aromatic rings. The van der Waals surface area contributed by atoms with Crippen molar-refractivity contribution >= 4 is 28.5 Å². The number of halogens is 1. The van der Waals surface area contributed by atoms with Crippen LogP contribution in [0.5, 0.6) is 0 Å². The van der Waals surface area contributed by atoms with E-state index in [1.165, 1.54) is 10.9 Å². The first-order chi connectivity index (χ1) is 13.1. The van der Waals surface area contributed by atoms with Crippen molar-refractivity contribution in [2.45, 2.75) is 13.0 Å². The van der Waals surface area contributed by atoms with Crippen LogP contribution >= 0.6 is 11.6 Å². The average Bonchev–Trinajstić information content (AvgIpc) is 3.18. The fourth-order valence-electron chi connectivity index (χ4n) is 2.71. The van der Waals surface area contributed by atoms with Gasteiger partial charge in [0.25, 0.3) is 0 Å². The highest BCUT2D eigenvalue weighted by Crippen LogP contribution is 2.22. The van der Waals surface area contributed by atoms with Crippen molar-refractivity contribution < 1.29 is 9.53 Å². The van der Waals surface area contributed by atoms with Gasteiger partial charge in [0, 0.05) is 17.1 Å². The van der Waals surface area contributed by atoms with Crippen LogP contribution in [-0.4, -0.2) is 25.9 Å². The van der Waals surface area contributed by atoms with Gasteiger partial charge in [-0.2, -0.15) is 0 Å². The number of para-hydroxylation sites is 2. The van der Waals surface area contributed by atoms with Crippen LogP contribution in [0.3, 0.4) is 0 Å². The highest BCUT2D eigenvalue weighted by molar-refractivity contribution is 6.32. The van der Waals surface area contributed by atoms with Crippen LogP contribution in [0.15, 0.2) is 67.0 Å². The lowest BCUT2D eigenvalue weighted by Crippen LogP contribution is -2.10. The van der Waals surface area contributed by atoms with Gasteiger partial charge in [-0.15, -0.1) is 5.10 Å². The summed E-state index contributed by atoms with van der Waals surface area (Å²) in [4.78, 5) is 16.8. The monoisotopic (exact) mass is 378 g/mol. The van der Waals surface area contributed by atoms with Crippen molar-refractivity contribution in [1.82, 2.24) is 20.0 Å². The summed E-state index contributed by atoms with van der Waals surface area (Å²) in [6.07, 6.45) is 2.73. The Balaban J connectivity index is 1.52. The first kappa shape index (κ1) is 17.2. The van der Waals surface area contributed by atoms with E-state index < -0.39 is 12.1 Å². The Kier molecular flexibility index (Phi) is 4.56. The standard InChI is InChI=1S/C20H15ClN4O2/c1-13(15-10-14-6-2-4-8-17(14)22-11-15)27-20(26)18-12-25(24-23-18)19-9-5-3-7-16(19)21/h2-13H,1H3. The number of fused-ring (bicyclic) bond motifs is 1. The quantitative estimate of drug-likeness (QED) is 0.493. The summed E-state index contributed by atoms with van der Waals surface area (Å²) < 4.78 is 6.97. The minimum atomic E-state index is -0.561. The van der Waals surface area contributed by atoms with Gasteiger partial charge in [-0.1, -0.05) is 47.1 Å². The van der Waals surface area contributed by atoms with E-state index in [-0.39, 0.29) is 5.69 Å². The van der Waals surface area contributed by atoms with Crippen LogP contribution < -0.4 is 0 Å². The molecular formula is C20H15ClN4O2. The summed E-state index contributed by atoms with van der Waals surface area (Å²) in [6, 6.07) is 16.9. The molecule has 0 spiro atoms. The molecule has 0 bridgehead atoms. The molecule has 1 atom stereocenters. The lowest BCUT2D eigenvalue weighted by atomic mass is 10.1. The SMILES string of the molecule is CC(OC(=O)c1cn(-c2ccccc2Cl)nn1)c1cnc2ccccc2c1. The molecule has 0 aliphatic rings. The van der Waals surface area contributed by atoms with Crippen molar-refractivity contribution in [1.29, 1.82) is 0 Å². The van der Waals surface area contributed by atoms with E-state index in [0.29, 0.717) is 10.7 Å². The lowest BCUT2D eigenvalue weighted by molar-refractivity contribution is 0.0330. The van der Waals surface area contributed by atoms with Gasteiger partial charge in [0.05, 0.1) is 22.4 Å². The zero-order valence-corrected chi connectivity index (χ0v) is 15.2. The molecular weight excluding hydrogens is 364 g/mol. The summed E-state index contributed by atoms with van der Waals surface area (Å²) in [5, 5.41) is 9.35. The number of pyridine rings is 1. The maximum absolute atomic E-state index is 12.4. The lowest BCUT2D eigenvalue weighted by Gasteiger charge is -2.12. The zero-order chi connectivity index (χ0) is 18.8. The highest BCUT2D eigenvalue weighted by atomic mass is 35.5. The van der Waals surface area contributed by atoms with E-state index >= 15 is 0 Å². The van der Waals surface area contributed by atoms with E-state index in [1.54, 1.807) is 25.3 Å². The Morgan fingerprint density at radius 2 is 1.93 bits per heavy atom. The minimum absolute atomic E-state index is 0.107. The molecule has 2 aromatic carbocycles. The van der Waals surface area contributed by atoms with Crippen LogP contribution in [0.4, 0.5) is 0 Å². The second kappa shape index (κ2) is 7.17. The van der Waals surface area contributed by atoms with E-state index in [1.807, 2.05) is 42.5 Å². The van der Waals surface area contributed by atoms with Crippen LogP contribution in [0.25, 0.3) is 16.6 Å². The Morgan fingerprint density at radius 3 is 2.78 bits per heavy atom. The van der Waals surface area contributed by atoms with Crippen molar-refractivity contribution in [2.75, 3.05) is 0 Å². The molecule has 7 heteroatoms.